The molecular weight excluding hydrogens is 191 g/mol. The first-order valence-corrected chi connectivity index (χ1v) is 5.24. The molecule has 1 atom stereocenters. The lowest BCUT2D eigenvalue weighted by molar-refractivity contribution is 0.0149. The van der Waals surface area contributed by atoms with Crippen molar-refractivity contribution >= 4 is 7.69 Å². The highest BCUT2D eigenvalue weighted by Gasteiger charge is 2.15. The maximum absolute atomic E-state index is 8.47. The predicted octanol–water partition coefficient (Wildman–Crippen LogP) is 1.83. The molecule has 0 aromatic heterocycles. The van der Waals surface area contributed by atoms with Gasteiger partial charge < -0.3 is 14.4 Å². The zero-order valence-corrected chi connectivity index (χ0v) is 8.56. The molecule has 3 nitrogen and oxygen atoms in total. The molecule has 0 amide bonds. The van der Waals surface area contributed by atoms with Crippen molar-refractivity contribution in [1.29, 1.82) is 0 Å². The molecule has 1 saturated heterocycles. The van der Waals surface area contributed by atoms with Gasteiger partial charge in [-0.05, 0) is 37.0 Å². The van der Waals surface area contributed by atoms with Gasteiger partial charge in [-0.2, -0.15) is 0 Å². The van der Waals surface area contributed by atoms with Gasteiger partial charge in [0.05, 0.1) is 11.9 Å². The summed E-state index contributed by atoms with van der Waals surface area (Å²) < 4.78 is 10.5. The number of rotatable bonds is 3. The minimum atomic E-state index is 0.228. The number of benzene rings is 1. The Morgan fingerprint density at radius 3 is 2.67 bits per heavy atom. The van der Waals surface area contributed by atoms with Crippen LogP contribution in [0.5, 0.6) is 5.75 Å². The van der Waals surface area contributed by atoms with Gasteiger partial charge in [-0.15, -0.1) is 0 Å². The Hall–Kier alpha value is -0.995. The van der Waals surface area contributed by atoms with Gasteiger partial charge in [0.25, 0.3) is 0 Å². The number of hydrogen-bond donors (Lipinski definition) is 1. The predicted molar refractivity (Wildman–Crippen MR) is 57.6 cm³/mol. The summed E-state index contributed by atoms with van der Waals surface area (Å²) in [4.78, 5) is 0. The molecule has 0 bridgehead atoms. The Labute approximate surface area is 90.3 Å². The standard InChI is InChI=1S/C11H14BO3/c13-12-15-10-6-4-9(5-7-10)11-3-1-2-8-14-11/h4-7,11,13H,1-3,8H2. The van der Waals surface area contributed by atoms with E-state index in [9.17, 15) is 0 Å². The van der Waals surface area contributed by atoms with E-state index in [1.807, 2.05) is 24.3 Å². The third-order valence-corrected chi connectivity index (χ3v) is 2.62. The molecule has 15 heavy (non-hydrogen) atoms. The molecular formula is C11H14BO3. The van der Waals surface area contributed by atoms with Crippen molar-refractivity contribution in [2.75, 3.05) is 6.61 Å². The number of ether oxygens (including phenoxy) is 1. The van der Waals surface area contributed by atoms with E-state index in [-0.39, 0.29) is 6.10 Å². The van der Waals surface area contributed by atoms with Gasteiger partial charge >= 0.3 is 7.69 Å². The Morgan fingerprint density at radius 2 is 2.07 bits per heavy atom. The molecule has 79 valence electrons. The highest BCUT2D eigenvalue weighted by molar-refractivity contribution is 6.17. The molecule has 1 aromatic carbocycles. The second kappa shape index (κ2) is 5.19. The van der Waals surface area contributed by atoms with E-state index >= 15 is 0 Å². The average molecular weight is 205 g/mol. The van der Waals surface area contributed by atoms with Crippen LogP contribution in [0.2, 0.25) is 0 Å². The first kappa shape index (κ1) is 10.5. The lowest BCUT2D eigenvalue weighted by Crippen LogP contribution is -2.11. The molecule has 4 heteroatoms. The summed E-state index contributed by atoms with van der Waals surface area (Å²) >= 11 is 0. The fraction of sp³-hybridized carbons (Fsp3) is 0.455. The summed E-state index contributed by atoms with van der Waals surface area (Å²) in [5.74, 6) is 0.636. The SMILES string of the molecule is O[B]Oc1ccc(C2CCCCO2)cc1. The summed E-state index contributed by atoms with van der Waals surface area (Å²) in [7, 11) is 0.687. The summed E-state index contributed by atoms with van der Waals surface area (Å²) in [6, 6.07) is 7.63. The Balaban J connectivity index is 2.02. The van der Waals surface area contributed by atoms with Crippen LogP contribution in [0, 0.1) is 0 Å². The van der Waals surface area contributed by atoms with E-state index < -0.39 is 0 Å². The van der Waals surface area contributed by atoms with E-state index in [1.54, 1.807) is 0 Å². The maximum atomic E-state index is 8.47. The molecule has 1 heterocycles. The quantitative estimate of drug-likeness (QED) is 0.765. The molecule has 0 aliphatic carbocycles. The van der Waals surface area contributed by atoms with Gasteiger partial charge in [-0.25, -0.2) is 0 Å². The monoisotopic (exact) mass is 205 g/mol. The van der Waals surface area contributed by atoms with Crippen LogP contribution < -0.4 is 4.65 Å². The normalized spacial score (nSPS) is 21.0. The number of hydrogen-bond acceptors (Lipinski definition) is 3. The van der Waals surface area contributed by atoms with Crippen LogP contribution in [0.4, 0.5) is 0 Å². The van der Waals surface area contributed by atoms with Crippen molar-refractivity contribution in [3.05, 3.63) is 29.8 Å². The molecule has 1 aliphatic rings. The third kappa shape index (κ3) is 2.73. The molecule has 0 saturated carbocycles. The van der Waals surface area contributed by atoms with Crippen molar-refractivity contribution in [3.63, 3.8) is 0 Å². The Bertz CT molecular complexity index is 293. The summed E-state index contributed by atoms with van der Waals surface area (Å²) in [5.41, 5.74) is 1.18. The first-order valence-electron chi connectivity index (χ1n) is 5.24. The Kier molecular flexibility index (Phi) is 3.64. The highest BCUT2D eigenvalue weighted by atomic mass is 16.5. The molecule has 1 unspecified atom stereocenters. The van der Waals surface area contributed by atoms with Crippen LogP contribution in [0.15, 0.2) is 24.3 Å². The van der Waals surface area contributed by atoms with Crippen molar-refractivity contribution in [2.45, 2.75) is 25.4 Å². The van der Waals surface area contributed by atoms with Crippen molar-refractivity contribution in [1.82, 2.24) is 0 Å². The minimum absolute atomic E-state index is 0.228. The van der Waals surface area contributed by atoms with Crippen LogP contribution in [0.25, 0.3) is 0 Å². The van der Waals surface area contributed by atoms with Crippen LogP contribution in [-0.4, -0.2) is 19.3 Å². The van der Waals surface area contributed by atoms with Gasteiger partial charge in [0.1, 0.15) is 0 Å². The molecule has 1 aliphatic heterocycles. The lowest BCUT2D eigenvalue weighted by atomic mass is 10.0. The van der Waals surface area contributed by atoms with Gasteiger partial charge in [-0.1, -0.05) is 12.1 Å². The lowest BCUT2D eigenvalue weighted by Gasteiger charge is -2.22. The highest BCUT2D eigenvalue weighted by Crippen LogP contribution is 2.28. The topological polar surface area (TPSA) is 38.7 Å². The van der Waals surface area contributed by atoms with E-state index in [4.69, 9.17) is 14.4 Å². The van der Waals surface area contributed by atoms with E-state index in [2.05, 4.69) is 0 Å². The summed E-state index contributed by atoms with van der Waals surface area (Å²) in [6.45, 7) is 0.854. The molecule has 1 radical (unpaired) electrons. The van der Waals surface area contributed by atoms with Gasteiger partial charge in [0.2, 0.25) is 0 Å². The second-order valence-electron chi connectivity index (χ2n) is 3.65. The van der Waals surface area contributed by atoms with Gasteiger partial charge in [0.15, 0.2) is 0 Å². The second-order valence-corrected chi connectivity index (χ2v) is 3.65. The van der Waals surface area contributed by atoms with Gasteiger partial charge in [-0.3, -0.25) is 0 Å². The van der Waals surface area contributed by atoms with Gasteiger partial charge in [0, 0.05) is 6.61 Å². The van der Waals surface area contributed by atoms with E-state index in [0.29, 0.717) is 13.4 Å². The molecule has 1 N–H and O–H groups in total. The molecule has 1 fully saturated rings. The first-order chi connectivity index (χ1) is 7.40. The molecule has 2 rings (SSSR count). The van der Waals surface area contributed by atoms with Crippen molar-refractivity contribution in [2.24, 2.45) is 0 Å². The van der Waals surface area contributed by atoms with Crippen LogP contribution in [0.1, 0.15) is 30.9 Å². The maximum Gasteiger partial charge on any atom is 0.569 e. The largest absolute Gasteiger partial charge is 0.569 e. The average Bonchev–Trinajstić information content (AvgIpc) is 2.32. The molecule has 1 aromatic rings. The van der Waals surface area contributed by atoms with E-state index in [0.717, 1.165) is 19.4 Å². The van der Waals surface area contributed by atoms with E-state index in [1.165, 1.54) is 12.0 Å². The van der Waals surface area contributed by atoms with Crippen LogP contribution >= 0.6 is 0 Å². The van der Waals surface area contributed by atoms with Crippen molar-refractivity contribution in [3.8, 4) is 5.75 Å². The smallest absolute Gasteiger partial charge is 0.537 e. The fourth-order valence-electron chi connectivity index (χ4n) is 1.83. The third-order valence-electron chi connectivity index (χ3n) is 2.62. The van der Waals surface area contributed by atoms with Crippen molar-refractivity contribution < 1.29 is 14.4 Å². The zero-order chi connectivity index (χ0) is 10.5. The Morgan fingerprint density at radius 1 is 1.27 bits per heavy atom. The van der Waals surface area contributed by atoms with Crippen LogP contribution in [-0.2, 0) is 4.74 Å². The fourth-order valence-corrected chi connectivity index (χ4v) is 1.83. The van der Waals surface area contributed by atoms with Crippen LogP contribution in [0.3, 0.4) is 0 Å². The summed E-state index contributed by atoms with van der Waals surface area (Å²) in [5, 5.41) is 8.47. The minimum Gasteiger partial charge on any atom is -0.537 e. The summed E-state index contributed by atoms with van der Waals surface area (Å²) in [6.07, 6.45) is 3.71. The zero-order valence-electron chi connectivity index (χ0n) is 8.56. The molecule has 0 spiro atoms.